The molecule has 3 aromatic carbocycles. The summed E-state index contributed by atoms with van der Waals surface area (Å²) in [5.74, 6) is 0.734. The van der Waals surface area contributed by atoms with Crippen molar-refractivity contribution in [3.05, 3.63) is 113 Å². The molecule has 5 rings (SSSR count). The van der Waals surface area contributed by atoms with Gasteiger partial charge in [-0.25, -0.2) is 0 Å². The summed E-state index contributed by atoms with van der Waals surface area (Å²) < 4.78 is 2.10. The predicted molar refractivity (Wildman–Crippen MR) is 127 cm³/mol. The molecule has 5 aromatic rings. The Bertz CT molecular complexity index is 1340. The first-order valence-electron chi connectivity index (χ1n) is 9.66. The lowest BCUT2D eigenvalue weighted by Crippen LogP contribution is -2.11. The minimum atomic E-state index is -0.0182. The van der Waals surface area contributed by atoms with Crippen LogP contribution in [-0.2, 0) is 0 Å². The maximum Gasteiger partial charge on any atom is 0.194 e. The van der Waals surface area contributed by atoms with Gasteiger partial charge in [0, 0.05) is 28.5 Å². The Hall–Kier alpha value is -3.83. The third-order valence-corrected chi connectivity index (χ3v) is 5.81. The standard InChI is InChI=1S/C25H19N3OS/c29-22-16-23(27-19-12-6-2-7-13-19)28(20-14-8-3-9-15-20)25-24(22)21(17-30-25)26-18-10-4-1-5-11-18/h1-17,26-27H. The van der Waals surface area contributed by atoms with Gasteiger partial charge < -0.3 is 10.6 Å². The van der Waals surface area contributed by atoms with Crippen molar-refractivity contribution in [1.29, 1.82) is 0 Å². The molecule has 0 radical (unpaired) electrons. The maximum absolute atomic E-state index is 13.2. The van der Waals surface area contributed by atoms with Crippen molar-refractivity contribution < 1.29 is 0 Å². The summed E-state index contributed by atoms with van der Waals surface area (Å²) in [6.07, 6.45) is 0. The highest BCUT2D eigenvalue weighted by Gasteiger charge is 2.16. The average molecular weight is 410 g/mol. The van der Waals surface area contributed by atoms with Crippen molar-refractivity contribution in [3.63, 3.8) is 0 Å². The van der Waals surface area contributed by atoms with E-state index in [-0.39, 0.29) is 5.43 Å². The number of thiophene rings is 1. The molecule has 2 heterocycles. The number of hydrogen-bond acceptors (Lipinski definition) is 4. The molecule has 0 saturated carbocycles. The SMILES string of the molecule is O=c1cc(Nc2ccccc2)n(-c2ccccc2)c2scc(Nc3ccccc3)c12. The first kappa shape index (κ1) is 18.2. The van der Waals surface area contributed by atoms with E-state index in [0.29, 0.717) is 5.39 Å². The third-order valence-electron chi connectivity index (χ3n) is 4.84. The van der Waals surface area contributed by atoms with Crippen LogP contribution < -0.4 is 16.1 Å². The number of anilines is 4. The van der Waals surface area contributed by atoms with Gasteiger partial charge in [-0.15, -0.1) is 11.3 Å². The minimum Gasteiger partial charge on any atom is -0.354 e. The highest BCUT2D eigenvalue weighted by atomic mass is 32.1. The molecule has 0 fully saturated rings. The third kappa shape index (κ3) is 3.47. The Kier molecular flexibility index (Phi) is 4.79. The molecular weight excluding hydrogens is 390 g/mol. The van der Waals surface area contributed by atoms with E-state index in [1.165, 1.54) is 0 Å². The minimum absolute atomic E-state index is 0.0182. The molecular formula is C25H19N3OS. The summed E-state index contributed by atoms with van der Waals surface area (Å²) in [7, 11) is 0. The van der Waals surface area contributed by atoms with E-state index in [4.69, 9.17) is 0 Å². The van der Waals surface area contributed by atoms with Gasteiger partial charge >= 0.3 is 0 Å². The molecule has 0 aliphatic carbocycles. The van der Waals surface area contributed by atoms with E-state index in [1.807, 2.05) is 96.4 Å². The number of benzene rings is 3. The molecule has 30 heavy (non-hydrogen) atoms. The predicted octanol–water partition coefficient (Wildman–Crippen LogP) is 6.54. The fourth-order valence-electron chi connectivity index (χ4n) is 3.48. The fraction of sp³-hybridized carbons (Fsp3) is 0. The molecule has 0 amide bonds. The van der Waals surface area contributed by atoms with Crippen molar-refractivity contribution in [1.82, 2.24) is 4.57 Å². The van der Waals surface area contributed by atoms with Gasteiger partial charge in [0.05, 0.1) is 11.1 Å². The quantitative estimate of drug-likeness (QED) is 0.346. The van der Waals surface area contributed by atoms with Gasteiger partial charge in [-0.3, -0.25) is 9.36 Å². The van der Waals surface area contributed by atoms with Crippen molar-refractivity contribution in [3.8, 4) is 5.69 Å². The molecule has 0 spiro atoms. The number of nitrogens with one attached hydrogen (secondary N) is 2. The van der Waals surface area contributed by atoms with Crippen LogP contribution in [0.25, 0.3) is 15.9 Å². The molecule has 4 nitrogen and oxygen atoms in total. The van der Waals surface area contributed by atoms with Crippen molar-refractivity contribution in [2.45, 2.75) is 0 Å². The van der Waals surface area contributed by atoms with E-state index in [1.54, 1.807) is 17.4 Å². The van der Waals surface area contributed by atoms with E-state index < -0.39 is 0 Å². The smallest absolute Gasteiger partial charge is 0.194 e. The monoisotopic (exact) mass is 409 g/mol. The summed E-state index contributed by atoms with van der Waals surface area (Å²) in [6.45, 7) is 0. The lowest BCUT2D eigenvalue weighted by atomic mass is 10.2. The molecule has 2 aromatic heterocycles. The average Bonchev–Trinajstić information content (AvgIpc) is 3.20. The van der Waals surface area contributed by atoms with Crippen LogP contribution in [-0.4, -0.2) is 4.57 Å². The normalized spacial score (nSPS) is 10.8. The van der Waals surface area contributed by atoms with Gasteiger partial charge in [0.2, 0.25) is 0 Å². The molecule has 0 aliphatic rings. The second-order valence-electron chi connectivity index (χ2n) is 6.88. The van der Waals surface area contributed by atoms with Gasteiger partial charge in [0.1, 0.15) is 10.6 Å². The Morgan fingerprint density at radius 2 is 1.27 bits per heavy atom. The number of para-hydroxylation sites is 3. The second-order valence-corrected chi connectivity index (χ2v) is 7.73. The van der Waals surface area contributed by atoms with E-state index >= 15 is 0 Å². The molecule has 0 atom stereocenters. The van der Waals surface area contributed by atoms with Gasteiger partial charge in [0.25, 0.3) is 0 Å². The Balaban J connectivity index is 1.70. The highest BCUT2D eigenvalue weighted by molar-refractivity contribution is 7.17. The van der Waals surface area contributed by atoms with Crippen LogP contribution >= 0.6 is 11.3 Å². The van der Waals surface area contributed by atoms with E-state index in [2.05, 4.69) is 15.2 Å². The van der Waals surface area contributed by atoms with Crippen molar-refractivity contribution in [2.75, 3.05) is 10.6 Å². The zero-order valence-electron chi connectivity index (χ0n) is 16.1. The van der Waals surface area contributed by atoms with Gasteiger partial charge in [-0.2, -0.15) is 0 Å². The van der Waals surface area contributed by atoms with Gasteiger partial charge in [-0.1, -0.05) is 54.6 Å². The van der Waals surface area contributed by atoms with Crippen molar-refractivity contribution in [2.24, 2.45) is 0 Å². The van der Waals surface area contributed by atoms with Crippen LogP contribution in [0.4, 0.5) is 22.9 Å². The lowest BCUT2D eigenvalue weighted by molar-refractivity contribution is 1.12. The maximum atomic E-state index is 13.2. The van der Waals surface area contributed by atoms with E-state index in [9.17, 15) is 4.79 Å². The van der Waals surface area contributed by atoms with Crippen LogP contribution in [0.3, 0.4) is 0 Å². The molecule has 2 N–H and O–H groups in total. The molecule has 0 saturated heterocycles. The Labute approximate surface area is 178 Å². The summed E-state index contributed by atoms with van der Waals surface area (Å²) in [4.78, 5) is 14.1. The number of pyridine rings is 1. The topological polar surface area (TPSA) is 46.1 Å². The summed E-state index contributed by atoms with van der Waals surface area (Å²) >= 11 is 1.55. The second kappa shape index (κ2) is 7.89. The molecule has 5 heteroatoms. The Morgan fingerprint density at radius 3 is 1.90 bits per heavy atom. The first-order chi connectivity index (χ1) is 14.8. The van der Waals surface area contributed by atoms with E-state index in [0.717, 1.165) is 33.4 Å². The largest absolute Gasteiger partial charge is 0.354 e. The first-order valence-corrected chi connectivity index (χ1v) is 10.5. The highest BCUT2D eigenvalue weighted by Crippen LogP contribution is 2.34. The van der Waals surface area contributed by atoms with Crippen molar-refractivity contribution >= 4 is 44.4 Å². The zero-order chi connectivity index (χ0) is 20.3. The molecule has 0 bridgehead atoms. The van der Waals surface area contributed by atoms with Crippen LogP contribution in [0, 0.1) is 0 Å². The van der Waals surface area contributed by atoms with Crippen LogP contribution in [0.15, 0.2) is 107 Å². The Morgan fingerprint density at radius 1 is 0.700 bits per heavy atom. The number of rotatable bonds is 5. The van der Waals surface area contributed by atoms with Crippen LogP contribution in [0.1, 0.15) is 0 Å². The van der Waals surface area contributed by atoms with Crippen LogP contribution in [0.2, 0.25) is 0 Å². The summed E-state index contributed by atoms with van der Waals surface area (Å²) in [5.41, 5.74) is 3.68. The molecule has 0 unspecified atom stereocenters. The zero-order valence-corrected chi connectivity index (χ0v) is 16.9. The van der Waals surface area contributed by atoms with Gasteiger partial charge in [-0.05, 0) is 36.4 Å². The fourth-order valence-corrected chi connectivity index (χ4v) is 4.53. The molecule has 146 valence electrons. The lowest BCUT2D eigenvalue weighted by Gasteiger charge is -2.17. The summed E-state index contributed by atoms with van der Waals surface area (Å²) in [6, 6.07) is 31.5. The number of nitrogens with zero attached hydrogens (tertiary/aromatic N) is 1. The van der Waals surface area contributed by atoms with Gasteiger partial charge in [0.15, 0.2) is 5.43 Å². The number of fused-ring (bicyclic) bond motifs is 1. The summed E-state index contributed by atoms with van der Waals surface area (Å²) in [5, 5.41) is 9.50. The molecule has 0 aliphatic heterocycles. The number of hydrogen-bond donors (Lipinski definition) is 2. The van der Waals surface area contributed by atoms with Crippen LogP contribution in [0.5, 0.6) is 0 Å². The number of aromatic nitrogens is 1.